The second kappa shape index (κ2) is 6.80. The van der Waals surface area contributed by atoms with Crippen LogP contribution >= 0.6 is 0 Å². The van der Waals surface area contributed by atoms with Crippen molar-refractivity contribution in [2.75, 3.05) is 20.2 Å². The molecule has 1 unspecified atom stereocenters. The molecule has 1 spiro atoms. The predicted octanol–water partition coefficient (Wildman–Crippen LogP) is 2.30. The third-order valence-electron chi connectivity index (χ3n) is 6.04. The molecule has 0 radical (unpaired) electrons. The summed E-state index contributed by atoms with van der Waals surface area (Å²) in [6.07, 6.45) is 3.80. The quantitative estimate of drug-likeness (QED) is 0.896. The average molecular weight is 361 g/mol. The van der Waals surface area contributed by atoms with Crippen molar-refractivity contribution in [1.82, 2.24) is 14.9 Å². The molecule has 1 atom stereocenters. The van der Waals surface area contributed by atoms with Gasteiger partial charge in [-0.2, -0.15) is 0 Å². The first-order valence-corrected chi connectivity index (χ1v) is 9.67. The van der Waals surface area contributed by atoms with E-state index in [-0.39, 0.29) is 28.4 Å². The highest BCUT2D eigenvalue weighted by Crippen LogP contribution is 2.44. The third-order valence-corrected chi connectivity index (χ3v) is 6.04. The number of nitrogens with zero attached hydrogens (tertiary/aromatic N) is 2. The van der Waals surface area contributed by atoms with Gasteiger partial charge in [-0.1, -0.05) is 27.7 Å². The van der Waals surface area contributed by atoms with Crippen LogP contribution in [0.25, 0.3) is 0 Å². The number of piperidine rings is 1. The van der Waals surface area contributed by atoms with Gasteiger partial charge in [0.2, 0.25) is 0 Å². The smallest absolute Gasteiger partial charge is 0.254 e. The van der Waals surface area contributed by atoms with E-state index in [4.69, 9.17) is 9.72 Å². The molecule has 2 aliphatic rings. The monoisotopic (exact) mass is 361 g/mol. The van der Waals surface area contributed by atoms with Crippen LogP contribution < -0.4 is 5.56 Å². The van der Waals surface area contributed by atoms with Gasteiger partial charge < -0.3 is 14.6 Å². The molecule has 1 aromatic rings. The van der Waals surface area contributed by atoms with E-state index in [1.54, 1.807) is 7.11 Å². The Morgan fingerprint density at radius 3 is 2.50 bits per heavy atom. The minimum absolute atomic E-state index is 0.0146. The fourth-order valence-corrected chi connectivity index (χ4v) is 4.29. The summed E-state index contributed by atoms with van der Waals surface area (Å²) in [7, 11) is 1.59. The number of aromatic amines is 1. The highest BCUT2D eigenvalue weighted by molar-refractivity contribution is 5.81. The van der Waals surface area contributed by atoms with Crippen LogP contribution in [0.5, 0.6) is 0 Å². The van der Waals surface area contributed by atoms with Gasteiger partial charge in [-0.05, 0) is 32.1 Å². The Kier molecular flexibility index (Phi) is 4.99. The molecule has 6 heteroatoms. The Hall–Kier alpha value is -1.69. The van der Waals surface area contributed by atoms with Crippen LogP contribution in [0.4, 0.5) is 0 Å². The molecular formula is C20H31N3O3. The molecule has 3 rings (SSSR count). The lowest BCUT2D eigenvalue weighted by molar-refractivity contribution is -0.143. The zero-order valence-corrected chi connectivity index (χ0v) is 16.6. The molecule has 6 nitrogen and oxygen atoms in total. The number of hydrogen-bond donors (Lipinski definition) is 1. The molecule has 0 saturated carbocycles. The number of aromatic nitrogens is 2. The fourth-order valence-electron chi connectivity index (χ4n) is 4.29. The SMILES string of the molecule is CCC(OC)C(=O)N1CCC2(CCc3c2nc(C(C)(C)C)[nH]c3=O)CC1. The van der Waals surface area contributed by atoms with Crippen molar-refractivity contribution in [3.8, 4) is 0 Å². The summed E-state index contributed by atoms with van der Waals surface area (Å²) in [6, 6.07) is 0. The number of nitrogens with one attached hydrogen (secondary N) is 1. The van der Waals surface area contributed by atoms with Gasteiger partial charge in [0.25, 0.3) is 11.5 Å². The molecule has 1 aromatic heterocycles. The predicted molar refractivity (Wildman–Crippen MR) is 100 cm³/mol. The topological polar surface area (TPSA) is 75.3 Å². The van der Waals surface area contributed by atoms with Gasteiger partial charge in [0.15, 0.2) is 0 Å². The Morgan fingerprint density at radius 2 is 1.96 bits per heavy atom. The molecule has 0 aromatic carbocycles. The van der Waals surface area contributed by atoms with Crippen LogP contribution in [0.3, 0.4) is 0 Å². The minimum Gasteiger partial charge on any atom is -0.372 e. The summed E-state index contributed by atoms with van der Waals surface area (Å²) in [5, 5.41) is 0. The largest absolute Gasteiger partial charge is 0.372 e. The van der Waals surface area contributed by atoms with Crippen molar-refractivity contribution >= 4 is 5.91 Å². The van der Waals surface area contributed by atoms with Crippen molar-refractivity contribution in [3.63, 3.8) is 0 Å². The van der Waals surface area contributed by atoms with Crippen molar-refractivity contribution in [3.05, 3.63) is 27.4 Å². The average Bonchev–Trinajstić information content (AvgIpc) is 2.95. The molecule has 2 heterocycles. The second-order valence-corrected chi connectivity index (χ2v) is 8.73. The fraction of sp³-hybridized carbons (Fsp3) is 0.750. The van der Waals surface area contributed by atoms with Crippen molar-refractivity contribution < 1.29 is 9.53 Å². The van der Waals surface area contributed by atoms with Crippen molar-refractivity contribution in [1.29, 1.82) is 0 Å². The lowest BCUT2D eigenvalue weighted by Gasteiger charge is -2.40. The first-order chi connectivity index (χ1) is 12.2. The number of amides is 1. The molecule has 1 aliphatic heterocycles. The lowest BCUT2D eigenvalue weighted by atomic mass is 9.76. The molecule has 1 saturated heterocycles. The lowest BCUT2D eigenvalue weighted by Crippen LogP contribution is -2.48. The molecule has 1 aliphatic carbocycles. The maximum atomic E-state index is 12.6. The van der Waals surface area contributed by atoms with Crippen LogP contribution in [0.2, 0.25) is 0 Å². The summed E-state index contributed by atoms with van der Waals surface area (Å²) in [5.41, 5.74) is 1.59. The number of H-pyrrole nitrogens is 1. The minimum atomic E-state index is -0.353. The van der Waals surface area contributed by atoms with Crippen LogP contribution in [-0.2, 0) is 26.8 Å². The van der Waals surface area contributed by atoms with E-state index in [1.165, 1.54) is 0 Å². The van der Waals surface area contributed by atoms with E-state index in [0.717, 1.165) is 42.8 Å². The number of carbonyl (C=O) groups excluding carboxylic acids is 1. The number of fused-ring (bicyclic) bond motifs is 2. The van der Waals surface area contributed by atoms with E-state index in [9.17, 15) is 9.59 Å². The number of carbonyl (C=O) groups is 1. The third kappa shape index (κ3) is 3.20. The molecule has 1 N–H and O–H groups in total. The Bertz CT molecular complexity index is 736. The van der Waals surface area contributed by atoms with E-state index in [2.05, 4.69) is 25.8 Å². The molecule has 26 heavy (non-hydrogen) atoms. The first-order valence-electron chi connectivity index (χ1n) is 9.67. The van der Waals surface area contributed by atoms with E-state index < -0.39 is 0 Å². The van der Waals surface area contributed by atoms with Crippen molar-refractivity contribution in [2.45, 2.75) is 76.7 Å². The highest BCUT2D eigenvalue weighted by Gasteiger charge is 2.45. The maximum Gasteiger partial charge on any atom is 0.254 e. The van der Waals surface area contributed by atoms with Crippen LogP contribution in [0.15, 0.2) is 4.79 Å². The number of methoxy groups -OCH3 is 1. The molecule has 144 valence electrons. The van der Waals surface area contributed by atoms with Gasteiger partial charge in [0, 0.05) is 36.6 Å². The molecular weight excluding hydrogens is 330 g/mol. The molecule has 1 fully saturated rings. The summed E-state index contributed by atoms with van der Waals surface area (Å²) >= 11 is 0. The van der Waals surface area contributed by atoms with Crippen LogP contribution in [0, 0.1) is 0 Å². The molecule has 1 amide bonds. The number of rotatable bonds is 3. The normalized spacial score (nSPS) is 20.3. The Labute approximate surface area is 155 Å². The zero-order valence-electron chi connectivity index (χ0n) is 16.6. The Balaban J connectivity index is 1.85. The molecule has 0 bridgehead atoms. The maximum absolute atomic E-state index is 12.6. The van der Waals surface area contributed by atoms with Gasteiger partial charge in [-0.25, -0.2) is 4.98 Å². The van der Waals surface area contributed by atoms with E-state index >= 15 is 0 Å². The number of likely N-dealkylation sites (tertiary alicyclic amines) is 1. The Morgan fingerprint density at radius 1 is 1.31 bits per heavy atom. The van der Waals surface area contributed by atoms with Gasteiger partial charge in [0.1, 0.15) is 11.9 Å². The standard InChI is InChI=1S/C20H31N3O3/c1-6-14(26-5)17(25)23-11-9-20(10-12-23)8-7-13-15(20)21-18(19(2,3)4)22-16(13)24/h14H,6-12H2,1-5H3,(H,21,22,24). The van der Waals surface area contributed by atoms with Gasteiger partial charge >= 0.3 is 0 Å². The highest BCUT2D eigenvalue weighted by atomic mass is 16.5. The zero-order chi connectivity index (χ0) is 19.1. The summed E-state index contributed by atoms with van der Waals surface area (Å²) in [6.45, 7) is 9.58. The van der Waals surface area contributed by atoms with Crippen LogP contribution in [-0.4, -0.2) is 47.1 Å². The summed E-state index contributed by atoms with van der Waals surface area (Å²) in [5.74, 6) is 0.837. The first kappa shape index (κ1) is 19.1. The number of hydrogen-bond acceptors (Lipinski definition) is 4. The summed E-state index contributed by atoms with van der Waals surface area (Å²) < 4.78 is 5.31. The van der Waals surface area contributed by atoms with Gasteiger partial charge in [0.05, 0.1) is 5.69 Å². The van der Waals surface area contributed by atoms with E-state index in [0.29, 0.717) is 19.5 Å². The second-order valence-electron chi connectivity index (χ2n) is 8.73. The van der Waals surface area contributed by atoms with Crippen LogP contribution in [0.1, 0.15) is 70.5 Å². The number of ether oxygens (including phenoxy) is 1. The van der Waals surface area contributed by atoms with Gasteiger partial charge in [-0.3, -0.25) is 9.59 Å². The summed E-state index contributed by atoms with van der Waals surface area (Å²) in [4.78, 5) is 35.0. The van der Waals surface area contributed by atoms with E-state index in [1.807, 2.05) is 11.8 Å². The van der Waals surface area contributed by atoms with Gasteiger partial charge in [-0.15, -0.1) is 0 Å². The van der Waals surface area contributed by atoms with Crippen molar-refractivity contribution in [2.24, 2.45) is 0 Å².